The van der Waals surface area contributed by atoms with Crippen LogP contribution in [0.5, 0.6) is 0 Å². The number of aliphatic hydroxyl groups excluding tert-OH is 1. The summed E-state index contributed by atoms with van der Waals surface area (Å²) < 4.78 is 0. The molecule has 0 aromatic heterocycles. The van der Waals surface area contributed by atoms with Gasteiger partial charge in [0.2, 0.25) is 0 Å². The molecule has 0 aromatic carbocycles. The summed E-state index contributed by atoms with van der Waals surface area (Å²) in [7, 11) is 0. The van der Waals surface area contributed by atoms with Gasteiger partial charge < -0.3 is 20.4 Å². The number of aliphatic carboxylic acids is 1. The van der Waals surface area contributed by atoms with Gasteiger partial charge in [-0.3, -0.25) is 9.59 Å². The zero-order valence-electron chi connectivity index (χ0n) is 16.0. The Kier molecular flexibility index (Phi) is 4.23. The van der Waals surface area contributed by atoms with Crippen LogP contribution in [-0.2, 0) is 9.59 Å². The van der Waals surface area contributed by atoms with E-state index >= 15 is 0 Å². The van der Waals surface area contributed by atoms with Gasteiger partial charge in [0.15, 0.2) is 5.78 Å². The molecule has 0 aliphatic heterocycles. The molecule has 0 bridgehead atoms. The monoisotopic (exact) mass is 366 g/mol. The van der Waals surface area contributed by atoms with E-state index in [0.717, 1.165) is 18.4 Å². The molecule has 4 N–H and O–H groups in total. The summed E-state index contributed by atoms with van der Waals surface area (Å²) in [6.07, 6.45) is 1.14. The fourth-order valence-electron chi connectivity index (χ4n) is 5.78. The van der Waals surface area contributed by atoms with Crippen molar-refractivity contribution in [2.45, 2.75) is 83.5 Å². The second-order valence-electron chi connectivity index (χ2n) is 9.45. The minimum Gasteiger partial charge on any atom is -0.481 e. The highest BCUT2D eigenvalue weighted by Crippen LogP contribution is 2.62. The van der Waals surface area contributed by atoms with Crippen LogP contribution >= 0.6 is 0 Å². The van der Waals surface area contributed by atoms with Crippen molar-refractivity contribution in [3.05, 3.63) is 11.1 Å². The topological polar surface area (TPSA) is 115 Å². The van der Waals surface area contributed by atoms with E-state index in [-0.39, 0.29) is 30.1 Å². The maximum absolute atomic E-state index is 13.0. The Balaban J connectivity index is 2.14. The number of hydrogen-bond acceptors (Lipinski definition) is 5. The average molecular weight is 366 g/mol. The normalized spacial score (nSPS) is 43.7. The van der Waals surface area contributed by atoms with Crippen molar-refractivity contribution in [1.82, 2.24) is 0 Å². The maximum atomic E-state index is 13.0. The SMILES string of the molecule is CC(C)(O)[C@]1(O)CCC2=C(C(=O)C[C@H]3[C@](C)(C(=O)O)CCC[C@]23C)[C@H]1O. The van der Waals surface area contributed by atoms with E-state index in [9.17, 15) is 30.0 Å². The summed E-state index contributed by atoms with van der Waals surface area (Å²) in [4.78, 5) is 24.9. The van der Waals surface area contributed by atoms with Gasteiger partial charge in [-0.15, -0.1) is 0 Å². The van der Waals surface area contributed by atoms with Crippen LogP contribution in [-0.4, -0.2) is 49.5 Å². The first-order chi connectivity index (χ1) is 11.8. The minimum absolute atomic E-state index is 0.0527. The molecule has 3 aliphatic rings. The number of carboxylic acid groups (broad SMARTS) is 1. The van der Waals surface area contributed by atoms with E-state index < -0.39 is 34.1 Å². The van der Waals surface area contributed by atoms with E-state index in [0.29, 0.717) is 12.8 Å². The van der Waals surface area contributed by atoms with Gasteiger partial charge in [-0.05, 0) is 57.8 Å². The Hall–Kier alpha value is -1.24. The van der Waals surface area contributed by atoms with E-state index in [4.69, 9.17) is 0 Å². The van der Waals surface area contributed by atoms with E-state index in [1.54, 1.807) is 6.92 Å². The van der Waals surface area contributed by atoms with Crippen molar-refractivity contribution in [3.8, 4) is 0 Å². The molecule has 0 aromatic rings. The Morgan fingerprint density at radius 2 is 1.81 bits per heavy atom. The largest absolute Gasteiger partial charge is 0.481 e. The number of rotatable bonds is 2. The van der Waals surface area contributed by atoms with Crippen LogP contribution in [0.3, 0.4) is 0 Å². The number of allylic oxidation sites excluding steroid dienone is 1. The standard InChI is InChI=1S/C20H30O6/c1-17(2,25)20(26)9-6-11-14(15(20)22)12(21)10-13-18(11,3)7-5-8-19(13,4)16(23)24/h13,15,22,25-26H,5-10H2,1-4H3,(H,23,24)/t13-,15-,18-,19-,20+/m1/s1. The molecule has 146 valence electrons. The molecule has 6 nitrogen and oxygen atoms in total. The molecule has 1 fully saturated rings. The van der Waals surface area contributed by atoms with Crippen LogP contribution < -0.4 is 0 Å². The first kappa shape index (κ1) is 19.5. The Morgan fingerprint density at radius 1 is 1.19 bits per heavy atom. The van der Waals surface area contributed by atoms with Crippen molar-refractivity contribution < 1.29 is 30.0 Å². The molecule has 5 atom stereocenters. The third-order valence-corrected chi connectivity index (χ3v) is 7.66. The summed E-state index contributed by atoms with van der Waals surface area (Å²) in [5.74, 6) is -1.51. The molecule has 3 aliphatic carbocycles. The first-order valence-corrected chi connectivity index (χ1v) is 9.42. The lowest BCUT2D eigenvalue weighted by Gasteiger charge is -2.57. The number of carbonyl (C=O) groups is 2. The maximum Gasteiger partial charge on any atom is 0.309 e. The average Bonchev–Trinajstić information content (AvgIpc) is 2.51. The number of Topliss-reactive ketones (excluding diaryl/α,β-unsaturated/α-hetero) is 1. The van der Waals surface area contributed by atoms with Crippen LogP contribution in [0.15, 0.2) is 11.1 Å². The molecule has 26 heavy (non-hydrogen) atoms. The number of carboxylic acids is 1. The lowest BCUT2D eigenvalue weighted by molar-refractivity contribution is -0.189. The second kappa shape index (κ2) is 5.63. The lowest BCUT2D eigenvalue weighted by Crippen LogP contribution is -2.63. The van der Waals surface area contributed by atoms with Gasteiger partial charge in [0.1, 0.15) is 11.7 Å². The van der Waals surface area contributed by atoms with Crippen molar-refractivity contribution >= 4 is 11.8 Å². The highest BCUT2D eigenvalue weighted by Gasteiger charge is 2.62. The molecule has 1 saturated carbocycles. The van der Waals surface area contributed by atoms with Crippen LogP contribution in [0.1, 0.15) is 66.2 Å². The van der Waals surface area contributed by atoms with Crippen molar-refractivity contribution in [2.24, 2.45) is 16.7 Å². The molecule has 0 saturated heterocycles. The van der Waals surface area contributed by atoms with Crippen LogP contribution in [0, 0.1) is 16.7 Å². The van der Waals surface area contributed by atoms with E-state index in [1.807, 2.05) is 6.92 Å². The molecule has 0 radical (unpaired) electrons. The molecule has 0 amide bonds. The van der Waals surface area contributed by atoms with Gasteiger partial charge in [0.25, 0.3) is 0 Å². The van der Waals surface area contributed by atoms with Crippen LogP contribution in [0.2, 0.25) is 0 Å². The lowest BCUT2D eigenvalue weighted by atomic mass is 9.47. The van der Waals surface area contributed by atoms with Crippen LogP contribution in [0.25, 0.3) is 0 Å². The Bertz CT molecular complexity index is 689. The summed E-state index contributed by atoms with van der Waals surface area (Å²) in [5, 5.41) is 42.0. The molecule has 3 rings (SSSR count). The van der Waals surface area contributed by atoms with Gasteiger partial charge in [-0.1, -0.05) is 18.9 Å². The smallest absolute Gasteiger partial charge is 0.309 e. The fourth-order valence-corrected chi connectivity index (χ4v) is 5.78. The number of hydrogen-bond donors (Lipinski definition) is 4. The predicted octanol–water partition coefficient (Wildman–Crippen LogP) is 1.81. The number of fused-ring (bicyclic) bond motifs is 2. The zero-order chi connectivity index (χ0) is 19.7. The Morgan fingerprint density at radius 3 is 2.35 bits per heavy atom. The highest BCUT2D eigenvalue weighted by molar-refractivity contribution is 5.99. The van der Waals surface area contributed by atoms with Crippen LogP contribution in [0.4, 0.5) is 0 Å². The number of aliphatic hydroxyl groups is 3. The van der Waals surface area contributed by atoms with Gasteiger partial charge in [0, 0.05) is 12.0 Å². The first-order valence-electron chi connectivity index (χ1n) is 9.42. The summed E-state index contributed by atoms with van der Waals surface area (Å²) in [5.41, 5.74) is -3.84. The quantitative estimate of drug-likeness (QED) is 0.592. The minimum atomic E-state index is -1.80. The van der Waals surface area contributed by atoms with Crippen molar-refractivity contribution in [2.75, 3.05) is 0 Å². The fraction of sp³-hybridized carbons (Fsp3) is 0.800. The van der Waals surface area contributed by atoms with Crippen molar-refractivity contribution in [1.29, 1.82) is 0 Å². The molecule has 0 unspecified atom stereocenters. The van der Waals surface area contributed by atoms with Crippen molar-refractivity contribution in [3.63, 3.8) is 0 Å². The molecular weight excluding hydrogens is 336 g/mol. The van der Waals surface area contributed by atoms with Gasteiger partial charge >= 0.3 is 5.97 Å². The number of carbonyl (C=O) groups excluding carboxylic acids is 1. The predicted molar refractivity (Wildman–Crippen MR) is 94.3 cm³/mol. The summed E-state index contributed by atoms with van der Waals surface area (Å²) >= 11 is 0. The summed E-state index contributed by atoms with van der Waals surface area (Å²) in [6, 6.07) is 0. The molecular formula is C20H30O6. The van der Waals surface area contributed by atoms with E-state index in [2.05, 4.69) is 0 Å². The number of ketones is 1. The molecule has 0 spiro atoms. The zero-order valence-corrected chi connectivity index (χ0v) is 16.0. The third-order valence-electron chi connectivity index (χ3n) is 7.66. The highest BCUT2D eigenvalue weighted by atomic mass is 16.4. The second-order valence-corrected chi connectivity index (χ2v) is 9.45. The Labute approximate surface area is 153 Å². The third kappa shape index (κ3) is 2.35. The van der Waals surface area contributed by atoms with Gasteiger partial charge in [-0.2, -0.15) is 0 Å². The van der Waals surface area contributed by atoms with E-state index in [1.165, 1.54) is 13.8 Å². The molecule has 0 heterocycles. The summed E-state index contributed by atoms with van der Waals surface area (Å²) in [6.45, 7) is 6.59. The van der Waals surface area contributed by atoms with Gasteiger partial charge in [0.05, 0.1) is 11.0 Å². The van der Waals surface area contributed by atoms with Gasteiger partial charge in [-0.25, -0.2) is 0 Å². The molecule has 6 heteroatoms.